The molecular formula is C12H12BrN5O2. The highest BCUT2D eigenvalue weighted by molar-refractivity contribution is 9.10. The van der Waals surface area contributed by atoms with E-state index >= 15 is 0 Å². The van der Waals surface area contributed by atoms with Gasteiger partial charge in [-0.3, -0.25) is 4.79 Å². The maximum Gasteiger partial charge on any atom is 0.272 e. The van der Waals surface area contributed by atoms with E-state index in [0.29, 0.717) is 12.2 Å². The molecule has 2 aromatic rings. The van der Waals surface area contributed by atoms with Gasteiger partial charge in [0.2, 0.25) is 0 Å². The number of halogens is 1. The van der Waals surface area contributed by atoms with Crippen molar-refractivity contribution in [1.82, 2.24) is 24.9 Å². The van der Waals surface area contributed by atoms with Crippen molar-refractivity contribution in [3.63, 3.8) is 0 Å². The third-order valence-electron chi connectivity index (χ3n) is 3.27. The molecule has 7 nitrogen and oxygen atoms in total. The second-order valence-electron chi connectivity index (χ2n) is 4.59. The number of carbonyl (C=O) groups excluding carboxylic acids is 1. The van der Waals surface area contributed by atoms with Crippen LogP contribution in [0.2, 0.25) is 0 Å². The lowest BCUT2D eigenvalue weighted by Gasteiger charge is -2.15. The van der Waals surface area contributed by atoms with Crippen molar-refractivity contribution in [2.45, 2.75) is 12.1 Å². The number of pyridine rings is 1. The van der Waals surface area contributed by atoms with E-state index in [-0.39, 0.29) is 18.5 Å². The van der Waals surface area contributed by atoms with E-state index in [4.69, 9.17) is 0 Å². The number of carbonyl (C=O) groups is 1. The molecule has 104 valence electrons. The van der Waals surface area contributed by atoms with Gasteiger partial charge in [-0.1, -0.05) is 5.21 Å². The first-order chi connectivity index (χ1) is 9.65. The van der Waals surface area contributed by atoms with Gasteiger partial charge >= 0.3 is 0 Å². The van der Waals surface area contributed by atoms with Crippen molar-refractivity contribution in [2.24, 2.45) is 0 Å². The highest BCUT2D eigenvalue weighted by Crippen LogP contribution is 2.22. The first-order valence-electron chi connectivity index (χ1n) is 6.10. The smallest absolute Gasteiger partial charge is 0.272 e. The Balaban J connectivity index is 1.76. The Morgan fingerprint density at radius 1 is 1.40 bits per heavy atom. The van der Waals surface area contributed by atoms with Crippen LogP contribution in [0, 0.1) is 0 Å². The van der Waals surface area contributed by atoms with Gasteiger partial charge in [-0.15, -0.1) is 5.10 Å². The summed E-state index contributed by atoms with van der Waals surface area (Å²) in [7, 11) is 0. The normalized spacial score (nSPS) is 22.2. The zero-order valence-corrected chi connectivity index (χ0v) is 12.0. The largest absolute Gasteiger partial charge is 0.389 e. The molecular weight excluding hydrogens is 326 g/mol. The van der Waals surface area contributed by atoms with Crippen molar-refractivity contribution in [3.05, 3.63) is 40.9 Å². The van der Waals surface area contributed by atoms with Crippen LogP contribution in [0.15, 0.2) is 35.2 Å². The molecule has 0 saturated carbocycles. The standard InChI is InChI=1S/C12H12BrN5O2/c13-8-1-2-9(14-5-8)12(20)17-6-10(11(19)7-17)18-4-3-15-16-18/h1-5,10-11,19H,6-7H2/t10-,11-/m1/s1. The fourth-order valence-electron chi connectivity index (χ4n) is 2.25. The number of amides is 1. The van der Waals surface area contributed by atoms with E-state index in [2.05, 4.69) is 31.2 Å². The summed E-state index contributed by atoms with van der Waals surface area (Å²) in [4.78, 5) is 18.0. The van der Waals surface area contributed by atoms with Crippen molar-refractivity contribution < 1.29 is 9.90 Å². The number of hydrogen-bond acceptors (Lipinski definition) is 5. The van der Waals surface area contributed by atoms with Crippen molar-refractivity contribution in [2.75, 3.05) is 13.1 Å². The molecule has 20 heavy (non-hydrogen) atoms. The minimum atomic E-state index is -0.656. The maximum absolute atomic E-state index is 12.3. The van der Waals surface area contributed by atoms with E-state index < -0.39 is 6.10 Å². The average molecular weight is 338 g/mol. The predicted octanol–water partition coefficient (Wildman–Crippen LogP) is 0.494. The highest BCUT2D eigenvalue weighted by atomic mass is 79.9. The molecule has 1 aliphatic rings. The van der Waals surface area contributed by atoms with Crippen LogP contribution >= 0.6 is 15.9 Å². The molecule has 2 atom stereocenters. The van der Waals surface area contributed by atoms with E-state index in [0.717, 1.165) is 4.47 Å². The Hall–Kier alpha value is -1.80. The molecule has 1 aliphatic heterocycles. The lowest BCUT2D eigenvalue weighted by Crippen LogP contribution is -2.30. The maximum atomic E-state index is 12.3. The van der Waals surface area contributed by atoms with Crippen LogP contribution in [-0.4, -0.2) is 55.1 Å². The second-order valence-corrected chi connectivity index (χ2v) is 5.51. The van der Waals surface area contributed by atoms with Gasteiger partial charge in [-0.25, -0.2) is 9.67 Å². The summed E-state index contributed by atoms with van der Waals surface area (Å²) in [6, 6.07) is 3.15. The van der Waals surface area contributed by atoms with Crippen LogP contribution in [0.5, 0.6) is 0 Å². The summed E-state index contributed by atoms with van der Waals surface area (Å²) in [6.07, 6.45) is 4.15. The summed E-state index contributed by atoms with van der Waals surface area (Å²) in [5.41, 5.74) is 0.361. The number of nitrogens with zero attached hydrogens (tertiary/aromatic N) is 5. The van der Waals surface area contributed by atoms with Gasteiger partial charge < -0.3 is 10.0 Å². The number of likely N-dealkylation sites (tertiary alicyclic amines) is 1. The van der Waals surface area contributed by atoms with E-state index in [9.17, 15) is 9.90 Å². The van der Waals surface area contributed by atoms with Crippen LogP contribution in [0.3, 0.4) is 0 Å². The minimum absolute atomic E-state index is 0.195. The van der Waals surface area contributed by atoms with Gasteiger partial charge in [0.15, 0.2) is 0 Å². The predicted molar refractivity (Wildman–Crippen MR) is 72.9 cm³/mol. The molecule has 3 heterocycles. The lowest BCUT2D eigenvalue weighted by molar-refractivity contribution is 0.0759. The van der Waals surface area contributed by atoms with E-state index in [1.165, 1.54) is 0 Å². The number of hydrogen-bond donors (Lipinski definition) is 1. The summed E-state index contributed by atoms with van der Waals surface area (Å²) in [6.45, 7) is 0.655. The number of aromatic nitrogens is 4. The summed E-state index contributed by atoms with van der Waals surface area (Å²) in [5, 5.41) is 17.7. The topological polar surface area (TPSA) is 84.1 Å². The van der Waals surface area contributed by atoms with Gasteiger partial charge in [-0.2, -0.15) is 0 Å². The molecule has 0 radical (unpaired) electrons. The Morgan fingerprint density at radius 2 is 2.25 bits per heavy atom. The van der Waals surface area contributed by atoms with Crippen LogP contribution in [-0.2, 0) is 0 Å². The van der Waals surface area contributed by atoms with Crippen molar-refractivity contribution in [1.29, 1.82) is 0 Å². The van der Waals surface area contributed by atoms with Gasteiger partial charge in [0.05, 0.1) is 18.3 Å². The highest BCUT2D eigenvalue weighted by Gasteiger charge is 2.36. The lowest BCUT2D eigenvalue weighted by atomic mass is 10.2. The third kappa shape index (κ3) is 2.44. The van der Waals surface area contributed by atoms with Crippen LogP contribution in [0.1, 0.15) is 16.5 Å². The number of aliphatic hydroxyl groups is 1. The zero-order chi connectivity index (χ0) is 14.1. The van der Waals surface area contributed by atoms with Crippen molar-refractivity contribution in [3.8, 4) is 0 Å². The Bertz CT molecular complexity index is 601. The monoisotopic (exact) mass is 337 g/mol. The molecule has 1 fully saturated rings. The van der Waals surface area contributed by atoms with Gasteiger partial charge in [0, 0.05) is 30.0 Å². The van der Waals surface area contributed by atoms with Crippen LogP contribution in [0.4, 0.5) is 0 Å². The molecule has 1 N–H and O–H groups in total. The Morgan fingerprint density at radius 3 is 2.90 bits per heavy atom. The minimum Gasteiger partial charge on any atom is -0.389 e. The zero-order valence-electron chi connectivity index (χ0n) is 10.4. The molecule has 1 saturated heterocycles. The Labute approximate surface area is 123 Å². The number of rotatable bonds is 2. The summed E-state index contributed by atoms with van der Waals surface area (Å²) < 4.78 is 2.39. The molecule has 2 aromatic heterocycles. The fraction of sp³-hybridized carbons (Fsp3) is 0.333. The van der Waals surface area contributed by atoms with Crippen LogP contribution in [0.25, 0.3) is 0 Å². The van der Waals surface area contributed by atoms with E-state index in [1.54, 1.807) is 40.3 Å². The quantitative estimate of drug-likeness (QED) is 0.862. The summed E-state index contributed by atoms with van der Waals surface area (Å²) >= 11 is 3.28. The SMILES string of the molecule is O=C(c1ccc(Br)cn1)N1C[C@@H](O)[C@H](n2ccnn2)C1. The first kappa shape index (κ1) is 13.2. The van der Waals surface area contributed by atoms with Gasteiger partial charge in [-0.05, 0) is 28.1 Å². The molecule has 3 rings (SSSR count). The molecule has 1 amide bonds. The van der Waals surface area contributed by atoms with Gasteiger partial charge in [0.25, 0.3) is 5.91 Å². The number of aliphatic hydroxyl groups excluding tert-OH is 1. The second kappa shape index (κ2) is 5.29. The van der Waals surface area contributed by atoms with E-state index in [1.807, 2.05) is 0 Å². The molecule has 8 heteroatoms. The third-order valence-corrected chi connectivity index (χ3v) is 3.74. The summed E-state index contributed by atoms with van der Waals surface area (Å²) in [5.74, 6) is -0.195. The molecule has 0 bridgehead atoms. The van der Waals surface area contributed by atoms with Gasteiger partial charge in [0.1, 0.15) is 5.69 Å². The number of β-amino-alcohol motifs (C(OH)–C–C–N with tert-alkyl or cyclic N) is 1. The molecule has 0 aromatic carbocycles. The van der Waals surface area contributed by atoms with Crippen LogP contribution < -0.4 is 0 Å². The van der Waals surface area contributed by atoms with Crippen molar-refractivity contribution >= 4 is 21.8 Å². The molecule has 0 unspecified atom stereocenters. The Kier molecular flexibility index (Phi) is 3.49. The first-order valence-corrected chi connectivity index (χ1v) is 6.89. The molecule has 0 spiro atoms. The average Bonchev–Trinajstić information content (AvgIpc) is 3.07. The fourth-order valence-corrected chi connectivity index (χ4v) is 2.49. The molecule has 0 aliphatic carbocycles.